The van der Waals surface area contributed by atoms with Crippen LogP contribution < -0.4 is 10.2 Å². The Morgan fingerprint density at radius 3 is 2.73 bits per heavy atom. The minimum atomic E-state index is -0.708. The summed E-state index contributed by atoms with van der Waals surface area (Å²) in [5.74, 6) is -0.708. The van der Waals surface area contributed by atoms with Crippen molar-refractivity contribution in [2.75, 3.05) is 30.4 Å². The normalized spacial score (nSPS) is 16.4. The molecular formula is C18H18ClN3O4. The largest absolute Gasteiger partial charge is 0.465 e. The number of nitro groups is 1. The smallest absolute Gasteiger partial charge is 0.339 e. The van der Waals surface area contributed by atoms with Crippen LogP contribution in [0.25, 0.3) is 0 Å². The molecule has 2 aromatic rings. The van der Waals surface area contributed by atoms with Crippen LogP contribution in [0.2, 0.25) is 5.02 Å². The van der Waals surface area contributed by atoms with Gasteiger partial charge in [0.25, 0.3) is 5.69 Å². The highest BCUT2D eigenvalue weighted by atomic mass is 35.5. The molecule has 1 unspecified atom stereocenters. The standard InChI is InChI=1S/C18H18ClN3O4/c1-26-18(23)14-9-17(22(24)25)16(10-15(14)19)20-12-7-8-21(11-12)13-5-3-2-4-6-13/h2-6,9-10,12,20H,7-8,11H2,1H3. The molecular weight excluding hydrogens is 358 g/mol. The number of para-hydroxylation sites is 1. The Hall–Kier alpha value is -2.80. The number of methoxy groups -OCH3 is 1. The monoisotopic (exact) mass is 375 g/mol. The minimum Gasteiger partial charge on any atom is -0.465 e. The summed E-state index contributed by atoms with van der Waals surface area (Å²) in [5, 5.41) is 14.7. The number of halogens is 1. The molecule has 0 saturated carbocycles. The van der Waals surface area contributed by atoms with Gasteiger partial charge in [0.1, 0.15) is 5.69 Å². The van der Waals surface area contributed by atoms with Crippen molar-refractivity contribution in [1.82, 2.24) is 0 Å². The van der Waals surface area contributed by atoms with Crippen molar-refractivity contribution in [2.24, 2.45) is 0 Å². The Labute approximate surface area is 155 Å². The molecule has 0 amide bonds. The third-order valence-electron chi connectivity index (χ3n) is 4.36. The molecule has 1 N–H and O–H groups in total. The summed E-state index contributed by atoms with van der Waals surface area (Å²) in [5.41, 5.74) is 1.19. The number of nitrogens with zero attached hydrogens (tertiary/aromatic N) is 2. The van der Waals surface area contributed by atoms with Gasteiger partial charge in [0.2, 0.25) is 0 Å². The van der Waals surface area contributed by atoms with Gasteiger partial charge >= 0.3 is 5.97 Å². The van der Waals surface area contributed by atoms with Gasteiger partial charge in [0, 0.05) is 30.9 Å². The fourth-order valence-corrected chi connectivity index (χ4v) is 3.31. The minimum absolute atomic E-state index is 0.0243. The number of anilines is 2. The van der Waals surface area contributed by atoms with E-state index in [9.17, 15) is 14.9 Å². The number of ether oxygens (including phenoxy) is 1. The van der Waals surface area contributed by atoms with Crippen LogP contribution in [-0.4, -0.2) is 37.1 Å². The molecule has 26 heavy (non-hydrogen) atoms. The van der Waals surface area contributed by atoms with Crippen LogP contribution in [0.1, 0.15) is 16.8 Å². The van der Waals surface area contributed by atoms with Crippen molar-refractivity contribution in [3.8, 4) is 0 Å². The first kappa shape index (κ1) is 18.0. The van der Waals surface area contributed by atoms with Gasteiger partial charge in [-0.25, -0.2) is 4.79 Å². The Bertz CT molecular complexity index is 829. The van der Waals surface area contributed by atoms with Gasteiger partial charge < -0.3 is 15.0 Å². The molecule has 136 valence electrons. The number of carbonyl (C=O) groups excluding carboxylic acids is 1. The van der Waals surface area contributed by atoms with Crippen molar-refractivity contribution in [3.63, 3.8) is 0 Å². The molecule has 0 aromatic heterocycles. The maximum atomic E-state index is 11.7. The van der Waals surface area contributed by atoms with Crippen LogP contribution in [0.3, 0.4) is 0 Å². The van der Waals surface area contributed by atoms with E-state index in [-0.39, 0.29) is 22.3 Å². The highest BCUT2D eigenvalue weighted by Crippen LogP contribution is 2.33. The Balaban J connectivity index is 1.80. The summed E-state index contributed by atoms with van der Waals surface area (Å²) in [4.78, 5) is 24.8. The van der Waals surface area contributed by atoms with Crippen molar-refractivity contribution < 1.29 is 14.5 Å². The second-order valence-electron chi connectivity index (χ2n) is 6.01. The number of carbonyl (C=O) groups is 1. The Morgan fingerprint density at radius 2 is 2.08 bits per heavy atom. The molecule has 2 aromatic carbocycles. The molecule has 8 heteroatoms. The van der Waals surface area contributed by atoms with Crippen molar-refractivity contribution >= 4 is 34.6 Å². The first-order chi connectivity index (χ1) is 12.5. The maximum Gasteiger partial charge on any atom is 0.339 e. The third kappa shape index (κ3) is 3.72. The number of hydrogen-bond donors (Lipinski definition) is 1. The lowest BCUT2D eigenvalue weighted by Crippen LogP contribution is -2.26. The summed E-state index contributed by atoms with van der Waals surface area (Å²) in [7, 11) is 1.20. The molecule has 0 bridgehead atoms. The van der Waals surface area contributed by atoms with E-state index in [0.29, 0.717) is 5.69 Å². The SMILES string of the molecule is COC(=O)c1cc([N+](=O)[O-])c(NC2CCN(c3ccccc3)C2)cc1Cl. The second kappa shape index (κ2) is 7.61. The van der Waals surface area contributed by atoms with Crippen molar-refractivity contribution in [2.45, 2.75) is 12.5 Å². The Morgan fingerprint density at radius 1 is 1.35 bits per heavy atom. The van der Waals surface area contributed by atoms with Gasteiger partial charge in [-0.1, -0.05) is 29.8 Å². The van der Waals surface area contributed by atoms with Crippen LogP contribution >= 0.6 is 11.6 Å². The molecule has 7 nitrogen and oxygen atoms in total. The van der Waals surface area contributed by atoms with Gasteiger partial charge in [-0.05, 0) is 24.6 Å². The zero-order chi connectivity index (χ0) is 18.7. The summed E-state index contributed by atoms with van der Waals surface area (Å²) >= 11 is 6.12. The average Bonchev–Trinajstić information content (AvgIpc) is 3.10. The molecule has 1 fully saturated rings. The van der Waals surface area contributed by atoms with Crippen LogP contribution in [0, 0.1) is 10.1 Å². The molecule has 1 atom stereocenters. The van der Waals surface area contributed by atoms with Gasteiger partial charge in [-0.3, -0.25) is 10.1 Å². The fraction of sp³-hybridized carbons (Fsp3) is 0.278. The number of nitrogens with one attached hydrogen (secondary N) is 1. The molecule has 1 heterocycles. The quantitative estimate of drug-likeness (QED) is 0.487. The van der Waals surface area contributed by atoms with Crippen LogP contribution in [-0.2, 0) is 4.74 Å². The first-order valence-electron chi connectivity index (χ1n) is 8.12. The van der Waals surface area contributed by atoms with E-state index in [2.05, 4.69) is 15.0 Å². The third-order valence-corrected chi connectivity index (χ3v) is 4.67. The van der Waals surface area contributed by atoms with Gasteiger partial charge in [0.15, 0.2) is 0 Å². The van der Waals surface area contributed by atoms with E-state index < -0.39 is 10.9 Å². The number of esters is 1. The molecule has 1 saturated heterocycles. The highest BCUT2D eigenvalue weighted by molar-refractivity contribution is 6.34. The topological polar surface area (TPSA) is 84.7 Å². The van der Waals surface area contributed by atoms with E-state index in [4.69, 9.17) is 11.6 Å². The van der Waals surface area contributed by atoms with Crippen LogP contribution in [0.4, 0.5) is 17.1 Å². The highest BCUT2D eigenvalue weighted by Gasteiger charge is 2.27. The first-order valence-corrected chi connectivity index (χ1v) is 8.50. The molecule has 0 radical (unpaired) electrons. The maximum absolute atomic E-state index is 11.7. The average molecular weight is 376 g/mol. The van der Waals surface area contributed by atoms with Crippen LogP contribution in [0.5, 0.6) is 0 Å². The van der Waals surface area contributed by atoms with Crippen LogP contribution in [0.15, 0.2) is 42.5 Å². The van der Waals surface area contributed by atoms with Gasteiger partial charge in [0.05, 0.1) is 22.6 Å². The van der Waals surface area contributed by atoms with E-state index in [0.717, 1.165) is 31.3 Å². The lowest BCUT2D eigenvalue weighted by molar-refractivity contribution is -0.384. The lowest BCUT2D eigenvalue weighted by atomic mass is 10.1. The molecule has 1 aliphatic rings. The summed E-state index contributed by atoms with van der Waals surface area (Å²) in [6.07, 6.45) is 0.836. The van der Waals surface area contributed by atoms with Crippen molar-refractivity contribution in [1.29, 1.82) is 0 Å². The molecule has 0 aliphatic carbocycles. The molecule has 0 spiro atoms. The molecule has 3 rings (SSSR count). The number of benzene rings is 2. The number of hydrogen-bond acceptors (Lipinski definition) is 6. The van der Waals surface area contributed by atoms with Crippen molar-refractivity contribution in [3.05, 3.63) is 63.2 Å². The number of rotatable bonds is 5. The van der Waals surface area contributed by atoms with E-state index in [1.54, 1.807) is 0 Å². The Kier molecular flexibility index (Phi) is 5.27. The van der Waals surface area contributed by atoms with Gasteiger partial charge in [-0.2, -0.15) is 0 Å². The number of nitro benzene ring substituents is 1. The zero-order valence-electron chi connectivity index (χ0n) is 14.1. The summed E-state index contributed by atoms with van der Waals surface area (Å²) in [6.45, 7) is 1.57. The summed E-state index contributed by atoms with van der Waals surface area (Å²) < 4.78 is 4.62. The second-order valence-corrected chi connectivity index (χ2v) is 6.42. The van der Waals surface area contributed by atoms with E-state index in [1.165, 1.54) is 13.2 Å². The zero-order valence-corrected chi connectivity index (χ0v) is 14.9. The molecule has 1 aliphatic heterocycles. The fourth-order valence-electron chi connectivity index (χ4n) is 3.07. The summed E-state index contributed by atoms with van der Waals surface area (Å²) in [6, 6.07) is 12.6. The predicted octanol–water partition coefficient (Wildman–Crippen LogP) is 3.73. The predicted molar refractivity (Wildman–Crippen MR) is 100 cm³/mol. The lowest BCUT2D eigenvalue weighted by Gasteiger charge is -2.19. The van der Waals surface area contributed by atoms with Gasteiger partial charge in [-0.15, -0.1) is 0 Å². The van der Waals surface area contributed by atoms with E-state index in [1.807, 2.05) is 30.3 Å². The van der Waals surface area contributed by atoms with E-state index >= 15 is 0 Å².